The number of hydrogen-bond donors (Lipinski definition) is 3. The Morgan fingerprint density at radius 1 is 1.50 bits per heavy atom. The molecule has 0 aliphatic carbocycles. The fraction of sp³-hybridized carbons (Fsp3) is 0.333. The van der Waals surface area contributed by atoms with Crippen molar-refractivity contribution < 1.29 is 4.79 Å². The lowest BCUT2D eigenvalue weighted by molar-refractivity contribution is -0.124. The summed E-state index contributed by atoms with van der Waals surface area (Å²) < 4.78 is 0. The van der Waals surface area contributed by atoms with Crippen LogP contribution in [0.2, 0.25) is 5.02 Å². The highest BCUT2D eigenvalue weighted by atomic mass is 35.5. The summed E-state index contributed by atoms with van der Waals surface area (Å²) in [6.45, 7) is 4.07. The van der Waals surface area contributed by atoms with E-state index in [0.29, 0.717) is 17.1 Å². The van der Waals surface area contributed by atoms with Gasteiger partial charge in [0.25, 0.3) is 0 Å². The second-order valence-corrected chi connectivity index (χ2v) is 4.51. The van der Waals surface area contributed by atoms with Crippen LogP contribution in [-0.2, 0) is 11.3 Å². The van der Waals surface area contributed by atoms with E-state index in [1.807, 2.05) is 13.8 Å². The first-order valence-electron chi connectivity index (χ1n) is 5.32. The number of amides is 1. The third-order valence-corrected chi connectivity index (χ3v) is 2.64. The number of benzene rings is 1. The van der Waals surface area contributed by atoms with Gasteiger partial charge in [0.15, 0.2) is 0 Å². The van der Waals surface area contributed by atoms with Crippen molar-refractivity contribution in [2.75, 3.05) is 0 Å². The average Bonchev–Trinajstić information content (AvgIpc) is 2.26. The van der Waals surface area contributed by atoms with Crippen LogP contribution in [-0.4, -0.2) is 11.7 Å². The fourth-order valence-corrected chi connectivity index (χ4v) is 1.50. The Bertz CT molecular complexity index is 447. The van der Waals surface area contributed by atoms with Crippen LogP contribution in [0.3, 0.4) is 0 Å². The predicted octanol–water partition coefficient (Wildman–Crippen LogP) is 2.32. The summed E-state index contributed by atoms with van der Waals surface area (Å²) in [5, 5.41) is 10.6. The van der Waals surface area contributed by atoms with Crippen molar-refractivity contribution in [2.45, 2.75) is 20.4 Å². The van der Waals surface area contributed by atoms with Gasteiger partial charge in [0, 0.05) is 18.0 Å². The zero-order chi connectivity index (χ0) is 13.0. The normalized spacial score (nSPS) is 9.78. The van der Waals surface area contributed by atoms with E-state index in [1.165, 1.54) is 0 Å². The van der Waals surface area contributed by atoms with Crippen molar-refractivity contribution >= 4 is 35.8 Å². The average molecular weight is 290 g/mol. The number of nitrogens with one attached hydrogen (secondary N) is 2. The molecule has 0 aromatic heterocycles. The Morgan fingerprint density at radius 2 is 2.11 bits per heavy atom. The minimum Gasteiger partial charge on any atom is -0.384 e. The standard InChI is InChI=1S/C12H16ClN3O.ClH/c1-7(2)12(17)16-6-8-3-4-10(13)9(5-8)11(14)15;/h3-5,7H,6H2,1-2H3,(H3,14,15)(H,16,17);1H. The number of carbonyl (C=O) groups excluding carboxylic acids is 1. The van der Waals surface area contributed by atoms with E-state index in [-0.39, 0.29) is 30.1 Å². The molecule has 0 atom stereocenters. The summed E-state index contributed by atoms with van der Waals surface area (Å²) in [4.78, 5) is 11.4. The molecule has 1 aromatic rings. The van der Waals surface area contributed by atoms with Crippen LogP contribution in [0.5, 0.6) is 0 Å². The summed E-state index contributed by atoms with van der Waals surface area (Å²) in [6.07, 6.45) is 0. The van der Waals surface area contributed by atoms with Crippen molar-refractivity contribution in [2.24, 2.45) is 11.7 Å². The predicted molar refractivity (Wildman–Crippen MR) is 76.4 cm³/mol. The van der Waals surface area contributed by atoms with Crippen LogP contribution in [0.15, 0.2) is 18.2 Å². The molecule has 0 aliphatic rings. The minimum atomic E-state index is -0.0768. The first kappa shape index (κ1) is 16.7. The molecule has 1 amide bonds. The molecule has 0 bridgehead atoms. The molecule has 0 saturated carbocycles. The van der Waals surface area contributed by atoms with E-state index in [1.54, 1.807) is 18.2 Å². The Morgan fingerprint density at radius 3 is 2.61 bits per heavy atom. The Balaban J connectivity index is 0.00000289. The van der Waals surface area contributed by atoms with Gasteiger partial charge in [-0.15, -0.1) is 12.4 Å². The number of nitrogens with two attached hydrogens (primary N) is 1. The molecule has 4 N–H and O–H groups in total. The summed E-state index contributed by atoms with van der Waals surface area (Å²) >= 11 is 5.90. The van der Waals surface area contributed by atoms with Gasteiger partial charge in [-0.3, -0.25) is 10.2 Å². The first-order chi connectivity index (χ1) is 7.91. The highest BCUT2D eigenvalue weighted by molar-refractivity contribution is 6.33. The van der Waals surface area contributed by atoms with Crippen LogP contribution in [0.4, 0.5) is 0 Å². The molecule has 0 radical (unpaired) electrons. The highest BCUT2D eigenvalue weighted by Gasteiger charge is 2.08. The van der Waals surface area contributed by atoms with E-state index in [2.05, 4.69) is 5.32 Å². The molecule has 0 fully saturated rings. The van der Waals surface area contributed by atoms with Crippen molar-refractivity contribution in [3.05, 3.63) is 34.3 Å². The summed E-state index contributed by atoms with van der Waals surface area (Å²) in [6, 6.07) is 5.19. The maximum atomic E-state index is 11.4. The van der Waals surface area contributed by atoms with E-state index in [4.69, 9.17) is 22.7 Å². The van der Waals surface area contributed by atoms with Gasteiger partial charge >= 0.3 is 0 Å². The molecule has 0 heterocycles. The number of hydrogen-bond acceptors (Lipinski definition) is 2. The molecule has 0 spiro atoms. The van der Waals surface area contributed by atoms with E-state index in [9.17, 15) is 4.79 Å². The number of nitrogen functional groups attached to an aromatic ring is 1. The summed E-state index contributed by atoms with van der Waals surface area (Å²) in [5.41, 5.74) is 6.76. The molecule has 1 rings (SSSR count). The second kappa shape index (κ2) is 7.24. The SMILES string of the molecule is CC(C)C(=O)NCc1ccc(Cl)c(C(=N)N)c1.Cl. The monoisotopic (exact) mass is 289 g/mol. The van der Waals surface area contributed by atoms with Crippen molar-refractivity contribution in [1.82, 2.24) is 5.32 Å². The van der Waals surface area contributed by atoms with Gasteiger partial charge in [0.1, 0.15) is 5.84 Å². The molecule has 6 heteroatoms. The van der Waals surface area contributed by atoms with Crippen LogP contribution in [0.25, 0.3) is 0 Å². The summed E-state index contributed by atoms with van der Waals surface area (Å²) in [5.74, 6) is -0.133. The van der Waals surface area contributed by atoms with E-state index in [0.717, 1.165) is 5.56 Å². The third kappa shape index (κ3) is 4.55. The second-order valence-electron chi connectivity index (χ2n) is 4.10. The maximum absolute atomic E-state index is 11.4. The number of amidine groups is 1. The Kier molecular flexibility index (Phi) is 6.73. The van der Waals surface area contributed by atoms with Crippen LogP contribution in [0, 0.1) is 11.3 Å². The molecule has 1 aromatic carbocycles. The molecular formula is C12H17Cl2N3O. The van der Waals surface area contributed by atoms with E-state index >= 15 is 0 Å². The number of halogens is 2. The van der Waals surface area contributed by atoms with E-state index < -0.39 is 0 Å². The zero-order valence-electron chi connectivity index (χ0n) is 10.3. The largest absolute Gasteiger partial charge is 0.384 e. The van der Waals surface area contributed by atoms with Gasteiger partial charge in [-0.05, 0) is 17.7 Å². The van der Waals surface area contributed by atoms with Crippen molar-refractivity contribution in [3.8, 4) is 0 Å². The maximum Gasteiger partial charge on any atom is 0.222 e. The Hall–Kier alpha value is -1.26. The van der Waals surface area contributed by atoms with Gasteiger partial charge < -0.3 is 11.1 Å². The summed E-state index contributed by atoms with van der Waals surface area (Å²) in [7, 11) is 0. The van der Waals surface area contributed by atoms with Gasteiger partial charge in [0.2, 0.25) is 5.91 Å². The highest BCUT2D eigenvalue weighted by Crippen LogP contribution is 2.17. The lowest BCUT2D eigenvalue weighted by Crippen LogP contribution is -2.27. The molecule has 0 unspecified atom stereocenters. The molecule has 100 valence electrons. The third-order valence-electron chi connectivity index (χ3n) is 2.31. The van der Waals surface area contributed by atoms with Crippen LogP contribution < -0.4 is 11.1 Å². The lowest BCUT2D eigenvalue weighted by Gasteiger charge is -2.09. The zero-order valence-corrected chi connectivity index (χ0v) is 11.9. The minimum absolute atomic E-state index is 0. The lowest BCUT2D eigenvalue weighted by atomic mass is 10.1. The number of rotatable bonds is 4. The fourth-order valence-electron chi connectivity index (χ4n) is 1.28. The number of carbonyl (C=O) groups is 1. The van der Waals surface area contributed by atoms with Crippen LogP contribution >= 0.6 is 24.0 Å². The first-order valence-corrected chi connectivity index (χ1v) is 5.70. The smallest absolute Gasteiger partial charge is 0.222 e. The van der Waals surface area contributed by atoms with Crippen molar-refractivity contribution in [1.29, 1.82) is 5.41 Å². The van der Waals surface area contributed by atoms with Crippen molar-refractivity contribution in [3.63, 3.8) is 0 Å². The van der Waals surface area contributed by atoms with Crippen LogP contribution in [0.1, 0.15) is 25.0 Å². The molecular weight excluding hydrogens is 273 g/mol. The molecule has 0 saturated heterocycles. The van der Waals surface area contributed by atoms with Gasteiger partial charge in [-0.2, -0.15) is 0 Å². The molecule has 4 nitrogen and oxygen atoms in total. The molecule has 0 aliphatic heterocycles. The van der Waals surface area contributed by atoms with Gasteiger partial charge in [0.05, 0.1) is 5.02 Å². The quantitative estimate of drug-likeness (QED) is 0.587. The van der Waals surface area contributed by atoms with Gasteiger partial charge in [-0.1, -0.05) is 31.5 Å². The topological polar surface area (TPSA) is 79.0 Å². The Labute approximate surface area is 118 Å². The molecule has 18 heavy (non-hydrogen) atoms. The van der Waals surface area contributed by atoms with Gasteiger partial charge in [-0.25, -0.2) is 0 Å².